The van der Waals surface area contributed by atoms with E-state index < -0.39 is 35.8 Å². The first kappa shape index (κ1) is 19.6. The fraction of sp³-hybridized carbons (Fsp3) is 0.667. The van der Waals surface area contributed by atoms with Crippen LogP contribution in [-0.2, 0) is 24.0 Å². The first-order chi connectivity index (χ1) is 11.3. The molecule has 3 atom stereocenters. The zero-order valence-corrected chi connectivity index (χ0v) is 13.9. The van der Waals surface area contributed by atoms with Crippen molar-refractivity contribution in [1.29, 1.82) is 0 Å². The number of rotatable bonds is 9. The molecular weight excluding hydrogens is 316 g/mol. The van der Waals surface area contributed by atoms with Crippen LogP contribution in [0.15, 0.2) is 0 Å². The maximum atomic E-state index is 12.5. The number of primary amides is 1. The van der Waals surface area contributed by atoms with Gasteiger partial charge in [-0.15, -0.1) is 0 Å². The second-order valence-corrected chi connectivity index (χ2v) is 6.11. The molecule has 1 saturated heterocycles. The van der Waals surface area contributed by atoms with Crippen LogP contribution in [0.4, 0.5) is 0 Å². The predicted molar refractivity (Wildman–Crippen MR) is 84.4 cm³/mol. The summed E-state index contributed by atoms with van der Waals surface area (Å²) in [6.45, 7) is 3.93. The zero-order valence-electron chi connectivity index (χ0n) is 13.9. The van der Waals surface area contributed by atoms with Crippen LogP contribution >= 0.6 is 0 Å². The van der Waals surface area contributed by atoms with Gasteiger partial charge in [-0.1, -0.05) is 13.8 Å². The van der Waals surface area contributed by atoms with Gasteiger partial charge in [0.1, 0.15) is 18.4 Å². The topological polar surface area (TPSA) is 139 Å². The lowest BCUT2D eigenvalue weighted by atomic mass is 10.0. The minimum Gasteiger partial charge on any atom is -0.370 e. The molecule has 4 amide bonds. The molecule has 134 valence electrons. The van der Waals surface area contributed by atoms with Crippen LogP contribution in [0.2, 0.25) is 0 Å². The lowest BCUT2D eigenvalue weighted by Gasteiger charge is -2.28. The van der Waals surface area contributed by atoms with Gasteiger partial charge >= 0.3 is 0 Å². The molecule has 0 radical (unpaired) electrons. The standard InChI is InChI=1S/C15H24N4O5/c1-9(2)11(7-20)18-14(23)12-4-3-5-19(12)15(24)10(17-8-21)6-13(16)22/h7-12H,3-6H2,1-2H3,(H2,16,22)(H,17,21)(H,18,23). The van der Waals surface area contributed by atoms with Crippen molar-refractivity contribution < 1.29 is 24.0 Å². The third-order valence-electron chi connectivity index (χ3n) is 3.98. The Labute approximate surface area is 140 Å². The third-order valence-corrected chi connectivity index (χ3v) is 3.98. The van der Waals surface area contributed by atoms with E-state index >= 15 is 0 Å². The van der Waals surface area contributed by atoms with Crippen molar-refractivity contribution in [2.75, 3.05) is 6.54 Å². The van der Waals surface area contributed by atoms with Crippen molar-refractivity contribution in [1.82, 2.24) is 15.5 Å². The van der Waals surface area contributed by atoms with Gasteiger partial charge in [-0.2, -0.15) is 0 Å². The average molecular weight is 340 g/mol. The smallest absolute Gasteiger partial charge is 0.246 e. The number of nitrogens with one attached hydrogen (secondary N) is 2. The Kier molecular flexibility index (Phi) is 7.34. The first-order valence-electron chi connectivity index (χ1n) is 7.86. The summed E-state index contributed by atoms with van der Waals surface area (Å²) in [5.74, 6) is -1.76. The van der Waals surface area contributed by atoms with E-state index in [1.807, 2.05) is 0 Å². The van der Waals surface area contributed by atoms with Crippen LogP contribution < -0.4 is 16.4 Å². The summed E-state index contributed by atoms with van der Waals surface area (Å²) in [7, 11) is 0. The number of nitrogens with two attached hydrogens (primary N) is 1. The monoisotopic (exact) mass is 340 g/mol. The van der Waals surface area contributed by atoms with Crippen molar-refractivity contribution in [2.24, 2.45) is 11.7 Å². The summed E-state index contributed by atoms with van der Waals surface area (Å²) in [6.07, 6.45) is 1.70. The van der Waals surface area contributed by atoms with E-state index in [2.05, 4.69) is 10.6 Å². The molecule has 0 aromatic rings. The fourth-order valence-electron chi connectivity index (χ4n) is 2.62. The van der Waals surface area contributed by atoms with Crippen LogP contribution in [0.1, 0.15) is 33.1 Å². The van der Waals surface area contributed by atoms with E-state index in [9.17, 15) is 24.0 Å². The summed E-state index contributed by atoms with van der Waals surface area (Å²) in [5.41, 5.74) is 5.09. The molecule has 9 heteroatoms. The highest BCUT2D eigenvalue weighted by molar-refractivity contribution is 5.94. The second kappa shape index (κ2) is 8.99. The maximum absolute atomic E-state index is 12.5. The SMILES string of the molecule is CC(C)C(C=O)NC(=O)C1CCCN1C(=O)C(CC(N)=O)NC=O. The summed E-state index contributed by atoms with van der Waals surface area (Å²) >= 11 is 0. The van der Waals surface area contributed by atoms with E-state index in [0.717, 1.165) is 0 Å². The van der Waals surface area contributed by atoms with Gasteiger partial charge in [0.05, 0.1) is 12.5 Å². The molecule has 3 unspecified atom stereocenters. The Morgan fingerprint density at radius 1 is 1.29 bits per heavy atom. The molecule has 1 aliphatic heterocycles. The molecular formula is C15H24N4O5. The summed E-state index contributed by atoms with van der Waals surface area (Å²) in [5, 5.41) is 4.88. The number of hydrogen-bond acceptors (Lipinski definition) is 5. The largest absolute Gasteiger partial charge is 0.370 e. The second-order valence-electron chi connectivity index (χ2n) is 6.11. The van der Waals surface area contributed by atoms with Gasteiger partial charge in [0.25, 0.3) is 0 Å². The number of carbonyl (C=O) groups excluding carboxylic acids is 5. The highest BCUT2D eigenvalue weighted by Crippen LogP contribution is 2.19. The molecule has 24 heavy (non-hydrogen) atoms. The molecule has 0 spiro atoms. The van der Waals surface area contributed by atoms with E-state index in [1.54, 1.807) is 13.8 Å². The van der Waals surface area contributed by atoms with E-state index in [4.69, 9.17) is 5.73 Å². The van der Waals surface area contributed by atoms with Crippen LogP contribution in [0.3, 0.4) is 0 Å². The van der Waals surface area contributed by atoms with E-state index in [-0.39, 0.29) is 12.3 Å². The van der Waals surface area contributed by atoms with Crippen molar-refractivity contribution in [3.63, 3.8) is 0 Å². The number of carbonyl (C=O) groups is 5. The lowest BCUT2D eigenvalue weighted by Crippen LogP contribution is -2.55. The molecule has 4 N–H and O–H groups in total. The van der Waals surface area contributed by atoms with Gasteiger partial charge in [-0.25, -0.2) is 0 Å². The van der Waals surface area contributed by atoms with Crippen LogP contribution in [-0.4, -0.2) is 60.0 Å². The molecule has 0 bridgehead atoms. The molecule has 0 aromatic heterocycles. The van der Waals surface area contributed by atoms with Crippen LogP contribution in [0, 0.1) is 5.92 Å². The highest BCUT2D eigenvalue weighted by atomic mass is 16.2. The molecule has 0 saturated carbocycles. The van der Waals surface area contributed by atoms with Gasteiger partial charge in [0.15, 0.2) is 0 Å². The minimum atomic E-state index is -1.10. The van der Waals surface area contributed by atoms with Gasteiger partial charge in [0.2, 0.25) is 24.1 Å². The number of aldehydes is 1. The third kappa shape index (κ3) is 5.04. The quantitative estimate of drug-likeness (QED) is 0.430. The van der Waals surface area contributed by atoms with Crippen molar-refractivity contribution in [2.45, 2.75) is 51.2 Å². The van der Waals surface area contributed by atoms with Gasteiger partial charge in [-0.3, -0.25) is 19.2 Å². The minimum absolute atomic E-state index is 0.0728. The Morgan fingerprint density at radius 2 is 1.96 bits per heavy atom. The van der Waals surface area contributed by atoms with E-state index in [0.29, 0.717) is 32.1 Å². The summed E-state index contributed by atoms with van der Waals surface area (Å²) < 4.78 is 0. The Morgan fingerprint density at radius 3 is 2.46 bits per heavy atom. The Balaban J connectivity index is 2.83. The summed E-state index contributed by atoms with van der Waals surface area (Å²) in [4.78, 5) is 59.0. The number of likely N-dealkylation sites (tertiary alicyclic amines) is 1. The molecule has 1 heterocycles. The van der Waals surface area contributed by atoms with Crippen molar-refractivity contribution in [3.05, 3.63) is 0 Å². The number of hydrogen-bond donors (Lipinski definition) is 3. The zero-order chi connectivity index (χ0) is 18.3. The first-order valence-corrected chi connectivity index (χ1v) is 7.86. The molecule has 0 aliphatic carbocycles. The van der Waals surface area contributed by atoms with Crippen LogP contribution in [0.5, 0.6) is 0 Å². The predicted octanol–water partition coefficient (Wildman–Crippen LogP) is -1.69. The van der Waals surface area contributed by atoms with Gasteiger partial charge in [-0.05, 0) is 18.8 Å². The highest BCUT2D eigenvalue weighted by Gasteiger charge is 2.38. The Hall–Kier alpha value is -2.45. The molecule has 1 aliphatic rings. The normalized spacial score (nSPS) is 19.5. The van der Waals surface area contributed by atoms with Gasteiger partial charge < -0.3 is 26.1 Å². The molecule has 9 nitrogen and oxygen atoms in total. The average Bonchev–Trinajstić information content (AvgIpc) is 3.00. The van der Waals surface area contributed by atoms with Crippen molar-refractivity contribution in [3.8, 4) is 0 Å². The van der Waals surface area contributed by atoms with Crippen LogP contribution in [0.25, 0.3) is 0 Å². The number of amides is 4. The fourth-order valence-corrected chi connectivity index (χ4v) is 2.62. The molecule has 1 rings (SSSR count). The number of nitrogens with zero attached hydrogens (tertiary/aromatic N) is 1. The molecule has 1 fully saturated rings. The van der Waals surface area contributed by atoms with Crippen molar-refractivity contribution >= 4 is 30.4 Å². The maximum Gasteiger partial charge on any atom is 0.246 e. The lowest BCUT2D eigenvalue weighted by molar-refractivity contribution is -0.142. The molecule has 0 aromatic carbocycles. The van der Waals surface area contributed by atoms with E-state index in [1.165, 1.54) is 4.90 Å². The van der Waals surface area contributed by atoms with Gasteiger partial charge in [0, 0.05) is 6.54 Å². The Bertz CT molecular complexity index is 508. The summed E-state index contributed by atoms with van der Waals surface area (Å²) in [6, 6.07) is -2.47.